The summed E-state index contributed by atoms with van der Waals surface area (Å²) in [4.78, 5) is 11.9. The third kappa shape index (κ3) is 3.50. The number of methoxy groups -OCH3 is 1. The second-order valence-corrected chi connectivity index (χ2v) is 4.53. The zero-order chi connectivity index (χ0) is 14.5. The van der Waals surface area contributed by atoms with E-state index in [9.17, 15) is 4.79 Å². The van der Waals surface area contributed by atoms with Crippen LogP contribution < -0.4 is 15.8 Å². The minimum absolute atomic E-state index is 0.102. The summed E-state index contributed by atoms with van der Waals surface area (Å²) in [5.74, 6) is 0.558. The van der Waals surface area contributed by atoms with E-state index < -0.39 is 0 Å². The Morgan fingerprint density at radius 2 is 2.30 bits per heavy atom. The fourth-order valence-corrected chi connectivity index (χ4v) is 1.80. The number of nitrogen functional groups attached to an aromatic ring is 1. The van der Waals surface area contributed by atoms with Crippen molar-refractivity contribution < 1.29 is 9.53 Å². The molecule has 2 aromatic rings. The van der Waals surface area contributed by atoms with Gasteiger partial charge >= 0.3 is 0 Å². The fourth-order valence-electron chi connectivity index (χ4n) is 1.80. The Labute approximate surface area is 117 Å². The Hall–Kier alpha value is -2.50. The molecular formula is C14H18N4O2. The molecule has 0 saturated heterocycles. The molecule has 1 aromatic carbocycles. The molecule has 106 valence electrons. The van der Waals surface area contributed by atoms with Gasteiger partial charge in [0.25, 0.3) is 0 Å². The van der Waals surface area contributed by atoms with Crippen molar-refractivity contribution in [3.05, 3.63) is 36.2 Å². The summed E-state index contributed by atoms with van der Waals surface area (Å²) in [5.41, 5.74) is 7.99. The van der Waals surface area contributed by atoms with E-state index in [1.165, 1.54) is 0 Å². The molecular weight excluding hydrogens is 256 g/mol. The summed E-state index contributed by atoms with van der Waals surface area (Å²) in [5, 5.41) is 6.91. The van der Waals surface area contributed by atoms with Crippen LogP contribution in [0.15, 0.2) is 30.6 Å². The van der Waals surface area contributed by atoms with Crippen molar-refractivity contribution >= 4 is 17.3 Å². The molecule has 0 atom stereocenters. The highest BCUT2D eigenvalue weighted by Gasteiger charge is 2.07. The molecule has 2 rings (SSSR count). The first-order valence-electron chi connectivity index (χ1n) is 6.31. The highest BCUT2D eigenvalue weighted by atomic mass is 16.5. The summed E-state index contributed by atoms with van der Waals surface area (Å²) < 4.78 is 6.80. The average molecular weight is 274 g/mol. The Kier molecular flexibility index (Phi) is 4.24. The number of aryl methyl sites for hydroxylation is 2. The summed E-state index contributed by atoms with van der Waals surface area (Å²) in [6.07, 6.45) is 4.00. The van der Waals surface area contributed by atoms with Gasteiger partial charge in [0.2, 0.25) is 5.91 Å². The summed E-state index contributed by atoms with van der Waals surface area (Å²) in [6, 6.07) is 5.15. The molecule has 3 N–H and O–H groups in total. The van der Waals surface area contributed by atoms with Gasteiger partial charge in [0.05, 0.1) is 24.7 Å². The van der Waals surface area contributed by atoms with Gasteiger partial charge in [-0.3, -0.25) is 9.48 Å². The molecule has 0 aliphatic rings. The van der Waals surface area contributed by atoms with Gasteiger partial charge in [0.15, 0.2) is 0 Å². The molecule has 1 heterocycles. The molecule has 0 aliphatic carbocycles. The number of hydrogen-bond acceptors (Lipinski definition) is 4. The first kappa shape index (κ1) is 13.9. The van der Waals surface area contributed by atoms with Gasteiger partial charge in [-0.05, 0) is 24.6 Å². The van der Waals surface area contributed by atoms with E-state index in [2.05, 4.69) is 10.4 Å². The lowest BCUT2D eigenvalue weighted by molar-refractivity contribution is -0.116. The van der Waals surface area contributed by atoms with Crippen LogP contribution in [0.2, 0.25) is 0 Å². The van der Waals surface area contributed by atoms with E-state index in [1.807, 2.05) is 13.1 Å². The van der Waals surface area contributed by atoms with E-state index in [0.717, 1.165) is 5.56 Å². The molecule has 20 heavy (non-hydrogen) atoms. The van der Waals surface area contributed by atoms with Crippen LogP contribution in [0.25, 0.3) is 0 Å². The predicted molar refractivity (Wildman–Crippen MR) is 77.6 cm³/mol. The quantitative estimate of drug-likeness (QED) is 0.815. The third-order valence-electron chi connectivity index (χ3n) is 2.86. The Bertz CT molecular complexity index is 607. The number of nitrogens with two attached hydrogens (primary N) is 1. The van der Waals surface area contributed by atoms with Crippen molar-refractivity contribution in [3.8, 4) is 5.75 Å². The zero-order valence-corrected chi connectivity index (χ0v) is 11.6. The summed E-state index contributed by atoms with van der Waals surface area (Å²) >= 11 is 0. The number of nitrogens with zero attached hydrogens (tertiary/aromatic N) is 2. The smallest absolute Gasteiger partial charge is 0.226 e. The van der Waals surface area contributed by atoms with Gasteiger partial charge in [-0.1, -0.05) is 0 Å². The minimum atomic E-state index is -0.102. The third-order valence-corrected chi connectivity index (χ3v) is 2.86. The molecule has 1 amide bonds. The molecule has 0 spiro atoms. The normalized spacial score (nSPS) is 10.3. The molecule has 0 bridgehead atoms. The van der Waals surface area contributed by atoms with Crippen LogP contribution in [-0.4, -0.2) is 22.8 Å². The van der Waals surface area contributed by atoms with Crippen LogP contribution in [-0.2, 0) is 11.3 Å². The van der Waals surface area contributed by atoms with Gasteiger partial charge in [0, 0.05) is 25.2 Å². The second-order valence-electron chi connectivity index (χ2n) is 4.53. The molecule has 0 saturated carbocycles. The number of rotatable bonds is 5. The van der Waals surface area contributed by atoms with Gasteiger partial charge in [-0.15, -0.1) is 0 Å². The number of nitrogens with one attached hydrogen (secondary N) is 1. The van der Waals surface area contributed by atoms with E-state index in [-0.39, 0.29) is 5.91 Å². The van der Waals surface area contributed by atoms with Gasteiger partial charge in [-0.25, -0.2) is 0 Å². The molecule has 0 aliphatic heterocycles. The van der Waals surface area contributed by atoms with Crippen LogP contribution >= 0.6 is 0 Å². The zero-order valence-electron chi connectivity index (χ0n) is 11.6. The van der Waals surface area contributed by atoms with Gasteiger partial charge in [0.1, 0.15) is 5.75 Å². The van der Waals surface area contributed by atoms with Crippen molar-refractivity contribution in [2.75, 3.05) is 18.2 Å². The first-order valence-corrected chi connectivity index (χ1v) is 6.31. The topological polar surface area (TPSA) is 82.2 Å². The number of carbonyl (C=O) groups excluding carboxylic acids is 1. The van der Waals surface area contributed by atoms with Crippen molar-refractivity contribution in [2.45, 2.75) is 19.9 Å². The number of anilines is 2. The van der Waals surface area contributed by atoms with Crippen LogP contribution in [0.4, 0.5) is 11.4 Å². The number of benzene rings is 1. The van der Waals surface area contributed by atoms with Crippen LogP contribution in [0.3, 0.4) is 0 Å². The van der Waals surface area contributed by atoms with Crippen LogP contribution in [0, 0.1) is 6.92 Å². The Morgan fingerprint density at radius 3 is 2.90 bits per heavy atom. The van der Waals surface area contributed by atoms with Crippen LogP contribution in [0.1, 0.15) is 12.0 Å². The molecule has 0 radical (unpaired) electrons. The minimum Gasteiger partial charge on any atom is -0.497 e. The van der Waals surface area contributed by atoms with Crippen molar-refractivity contribution in [2.24, 2.45) is 0 Å². The highest BCUT2D eigenvalue weighted by Crippen LogP contribution is 2.24. The summed E-state index contributed by atoms with van der Waals surface area (Å²) in [7, 11) is 1.57. The Morgan fingerprint density at radius 1 is 1.50 bits per heavy atom. The molecule has 6 heteroatoms. The lowest BCUT2D eigenvalue weighted by Gasteiger charge is -2.09. The van der Waals surface area contributed by atoms with Crippen molar-refractivity contribution in [1.82, 2.24) is 9.78 Å². The number of ether oxygens (including phenoxy) is 1. The lowest BCUT2D eigenvalue weighted by atomic mass is 10.2. The maximum atomic E-state index is 11.9. The number of carbonyl (C=O) groups is 1. The maximum Gasteiger partial charge on any atom is 0.226 e. The summed E-state index contributed by atoms with van der Waals surface area (Å²) in [6.45, 7) is 2.50. The number of amides is 1. The lowest BCUT2D eigenvalue weighted by Crippen LogP contribution is -2.15. The standard InChI is InChI=1S/C14H18N4O2/c1-10-8-16-18(9-10)6-5-14(19)17-13-4-3-11(20-2)7-12(13)15/h3-4,7-9H,5-6,15H2,1-2H3,(H,17,19). The average Bonchev–Trinajstić information content (AvgIpc) is 2.84. The van der Waals surface area contributed by atoms with Crippen molar-refractivity contribution in [3.63, 3.8) is 0 Å². The van der Waals surface area contributed by atoms with Crippen molar-refractivity contribution in [1.29, 1.82) is 0 Å². The second kappa shape index (κ2) is 6.10. The molecule has 6 nitrogen and oxygen atoms in total. The van der Waals surface area contributed by atoms with E-state index in [1.54, 1.807) is 36.2 Å². The number of aromatic nitrogens is 2. The maximum absolute atomic E-state index is 11.9. The molecule has 0 fully saturated rings. The van der Waals surface area contributed by atoms with Gasteiger partial charge < -0.3 is 15.8 Å². The van der Waals surface area contributed by atoms with Crippen LogP contribution in [0.5, 0.6) is 5.75 Å². The van der Waals surface area contributed by atoms with E-state index in [0.29, 0.717) is 30.1 Å². The largest absolute Gasteiger partial charge is 0.497 e. The monoisotopic (exact) mass is 274 g/mol. The first-order chi connectivity index (χ1) is 9.58. The highest BCUT2D eigenvalue weighted by molar-refractivity contribution is 5.93. The van der Waals surface area contributed by atoms with E-state index >= 15 is 0 Å². The Balaban J connectivity index is 1.91. The number of hydrogen-bond donors (Lipinski definition) is 2. The van der Waals surface area contributed by atoms with Gasteiger partial charge in [-0.2, -0.15) is 5.10 Å². The predicted octanol–water partition coefficient (Wildman–Crippen LogP) is 1.81. The SMILES string of the molecule is COc1ccc(NC(=O)CCn2cc(C)cn2)c(N)c1. The van der Waals surface area contributed by atoms with E-state index in [4.69, 9.17) is 10.5 Å². The molecule has 1 aromatic heterocycles. The fraction of sp³-hybridized carbons (Fsp3) is 0.286. The molecule has 0 unspecified atom stereocenters.